The molecule has 1 amide bonds. The summed E-state index contributed by atoms with van der Waals surface area (Å²) in [6.45, 7) is 2.71. The van der Waals surface area contributed by atoms with Gasteiger partial charge in [0.25, 0.3) is 5.91 Å². The van der Waals surface area contributed by atoms with Crippen molar-refractivity contribution in [2.45, 2.75) is 13.3 Å². The van der Waals surface area contributed by atoms with E-state index >= 15 is 0 Å². The fraction of sp³-hybridized carbons (Fsp3) is 0.208. The third-order valence-electron chi connectivity index (χ3n) is 4.82. The summed E-state index contributed by atoms with van der Waals surface area (Å²) >= 11 is 0. The van der Waals surface area contributed by atoms with E-state index in [0.717, 1.165) is 29.1 Å². The zero-order chi connectivity index (χ0) is 21.8. The Hall–Kier alpha value is -3.87. The number of hydrogen-bond donors (Lipinski definition) is 1. The lowest BCUT2D eigenvalue weighted by molar-refractivity contribution is 0.102. The van der Waals surface area contributed by atoms with Crippen LogP contribution < -0.4 is 15.0 Å². The van der Waals surface area contributed by atoms with Gasteiger partial charge >= 0.3 is 0 Å². The monoisotopic (exact) mass is 415 g/mol. The summed E-state index contributed by atoms with van der Waals surface area (Å²) in [6.07, 6.45) is 0.941. The number of ether oxygens (including phenoxy) is 1. The molecule has 1 aromatic heterocycles. The predicted molar refractivity (Wildman–Crippen MR) is 123 cm³/mol. The van der Waals surface area contributed by atoms with Crippen molar-refractivity contribution in [1.29, 1.82) is 0 Å². The van der Waals surface area contributed by atoms with Crippen molar-refractivity contribution in [1.82, 2.24) is 15.0 Å². The molecule has 0 atom stereocenters. The summed E-state index contributed by atoms with van der Waals surface area (Å²) in [6, 6.07) is 20.6. The minimum absolute atomic E-state index is 0.187. The molecule has 7 heteroatoms. The van der Waals surface area contributed by atoms with Gasteiger partial charge < -0.3 is 15.0 Å². The molecule has 7 nitrogen and oxygen atoms in total. The Kier molecular flexibility index (Phi) is 5.84. The Morgan fingerprint density at radius 2 is 1.68 bits per heavy atom. The van der Waals surface area contributed by atoms with Crippen molar-refractivity contribution in [3.05, 3.63) is 72.3 Å². The van der Waals surface area contributed by atoms with Crippen LogP contribution in [0.15, 0.2) is 66.7 Å². The summed E-state index contributed by atoms with van der Waals surface area (Å²) in [5.41, 5.74) is 4.67. The quantitative estimate of drug-likeness (QED) is 0.480. The largest absolute Gasteiger partial charge is 0.494 e. The van der Waals surface area contributed by atoms with Gasteiger partial charge in [-0.2, -0.15) is 4.80 Å². The molecule has 0 fully saturated rings. The lowest BCUT2D eigenvalue weighted by atomic mass is 10.2. The first kappa shape index (κ1) is 20.4. The van der Waals surface area contributed by atoms with Gasteiger partial charge in [-0.25, -0.2) is 0 Å². The van der Waals surface area contributed by atoms with E-state index in [9.17, 15) is 4.79 Å². The van der Waals surface area contributed by atoms with Gasteiger partial charge in [0, 0.05) is 31.0 Å². The number of nitrogens with zero attached hydrogens (tertiary/aromatic N) is 4. The van der Waals surface area contributed by atoms with E-state index in [1.165, 1.54) is 0 Å². The Morgan fingerprint density at radius 1 is 0.968 bits per heavy atom. The first-order valence-electron chi connectivity index (χ1n) is 10.2. The average Bonchev–Trinajstić information content (AvgIpc) is 3.21. The van der Waals surface area contributed by atoms with Crippen molar-refractivity contribution in [2.24, 2.45) is 0 Å². The van der Waals surface area contributed by atoms with Crippen LogP contribution in [0, 0.1) is 0 Å². The molecule has 0 spiro atoms. The third kappa shape index (κ3) is 4.66. The van der Waals surface area contributed by atoms with Crippen LogP contribution in [0.2, 0.25) is 0 Å². The molecular weight excluding hydrogens is 390 g/mol. The van der Waals surface area contributed by atoms with E-state index in [1.807, 2.05) is 61.5 Å². The molecule has 158 valence electrons. The number of carbonyl (C=O) groups is 1. The van der Waals surface area contributed by atoms with E-state index in [-0.39, 0.29) is 5.91 Å². The third-order valence-corrected chi connectivity index (χ3v) is 4.82. The highest BCUT2D eigenvalue weighted by molar-refractivity contribution is 6.05. The second-order valence-electron chi connectivity index (χ2n) is 7.43. The molecule has 0 aliphatic heterocycles. The Balaban J connectivity index is 1.49. The summed E-state index contributed by atoms with van der Waals surface area (Å²) in [5, 5.41) is 12.0. The van der Waals surface area contributed by atoms with Gasteiger partial charge in [0.2, 0.25) is 0 Å². The van der Waals surface area contributed by atoms with Gasteiger partial charge in [-0.05, 0) is 73.2 Å². The van der Waals surface area contributed by atoms with Gasteiger partial charge in [-0.3, -0.25) is 4.79 Å². The highest BCUT2D eigenvalue weighted by Crippen LogP contribution is 2.20. The van der Waals surface area contributed by atoms with E-state index < -0.39 is 0 Å². The van der Waals surface area contributed by atoms with E-state index in [0.29, 0.717) is 23.4 Å². The van der Waals surface area contributed by atoms with Crippen LogP contribution in [0.25, 0.3) is 16.7 Å². The highest BCUT2D eigenvalue weighted by Gasteiger charge is 2.10. The smallest absolute Gasteiger partial charge is 0.255 e. The lowest BCUT2D eigenvalue weighted by Gasteiger charge is -2.12. The highest BCUT2D eigenvalue weighted by atomic mass is 16.5. The van der Waals surface area contributed by atoms with Gasteiger partial charge in [-0.1, -0.05) is 6.92 Å². The predicted octanol–water partition coefficient (Wildman–Crippen LogP) is 4.53. The molecule has 0 bridgehead atoms. The summed E-state index contributed by atoms with van der Waals surface area (Å²) in [7, 11) is 4.00. The van der Waals surface area contributed by atoms with Crippen LogP contribution in [-0.4, -0.2) is 41.6 Å². The maximum atomic E-state index is 12.6. The number of anilines is 2. The molecule has 0 unspecified atom stereocenters. The van der Waals surface area contributed by atoms with Crippen molar-refractivity contribution in [2.75, 3.05) is 30.9 Å². The van der Waals surface area contributed by atoms with Gasteiger partial charge in [0.1, 0.15) is 16.8 Å². The Bertz CT molecular complexity index is 1180. The van der Waals surface area contributed by atoms with Crippen LogP contribution in [0.4, 0.5) is 11.4 Å². The van der Waals surface area contributed by atoms with Crippen molar-refractivity contribution in [3.8, 4) is 11.4 Å². The molecule has 1 N–H and O–H groups in total. The van der Waals surface area contributed by atoms with E-state index in [4.69, 9.17) is 4.74 Å². The second-order valence-corrected chi connectivity index (χ2v) is 7.43. The van der Waals surface area contributed by atoms with Crippen LogP contribution in [-0.2, 0) is 0 Å². The van der Waals surface area contributed by atoms with Crippen molar-refractivity contribution >= 4 is 28.3 Å². The first-order valence-corrected chi connectivity index (χ1v) is 10.2. The normalized spacial score (nSPS) is 10.8. The molecule has 0 radical (unpaired) electrons. The number of nitrogens with one attached hydrogen (secondary N) is 1. The topological polar surface area (TPSA) is 72.3 Å². The number of benzene rings is 3. The van der Waals surface area contributed by atoms with E-state index in [1.54, 1.807) is 29.1 Å². The molecule has 4 rings (SSSR count). The Labute approximate surface area is 181 Å². The summed E-state index contributed by atoms with van der Waals surface area (Å²) < 4.78 is 5.56. The molecular formula is C24H25N5O2. The standard InChI is InChI=1S/C24H25N5O2/c1-4-15-31-21-12-5-17(6-13-21)24(30)25-18-7-14-22-23(16-18)27-29(26-22)20-10-8-19(9-11-20)28(2)3/h5-14,16H,4,15H2,1-3H3,(H,25,30). The van der Waals surface area contributed by atoms with Crippen molar-refractivity contribution < 1.29 is 9.53 Å². The fourth-order valence-corrected chi connectivity index (χ4v) is 3.12. The molecule has 0 saturated carbocycles. The fourth-order valence-electron chi connectivity index (χ4n) is 3.12. The maximum absolute atomic E-state index is 12.6. The maximum Gasteiger partial charge on any atom is 0.255 e. The number of fused-ring (bicyclic) bond motifs is 1. The Morgan fingerprint density at radius 3 is 2.35 bits per heavy atom. The minimum atomic E-state index is -0.187. The van der Waals surface area contributed by atoms with Crippen LogP contribution in [0.3, 0.4) is 0 Å². The molecule has 1 heterocycles. The lowest BCUT2D eigenvalue weighted by Crippen LogP contribution is -2.11. The van der Waals surface area contributed by atoms with Gasteiger partial charge in [0.15, 0.2) is 0 Å². The first-order chi connectivity index (χ1) is 15.0. The average molecular weight is 415 g/mol. The number of amides is 1. The number of hydrogen-bond acceptors (Lipinski definition) is 5. The zero-order valence-corrected chi connectivity index (χ0v) is 17.9. The van der Waals surface area contributed by atoms with Crippen molar-refractivity contribution in [3.63, 3.8) is 0 Å². The zero-order valence-electron chi connectivity index (χ0n) is 17.9. The van der Waals surface area contributed by atoms with Gasteiger partial charge in [0.05, 0.1) is 12.3 Å². The molecule has 4 aromatic rings. The second kappa shape index (κ2) is 8.87. The minimum Gasteiger partial charge on any atom is -0.494 e. The van der Waals surface area contributed by atoms with Crippen LogP contribution >= 0.6 is 0 Å². The van der Waals surface area contributed by atoms with Crippen LogP contribution in [0.1, 0.15) is 23.7 Å². The number of rotatable bonds is 7. The molecule has 31 heavy (non-hydrogen) atoms. The van der Waals surface area contributed by atoms with Gasteiger partial charge in [-0.15, -0.1) is 10.2 Å². The van der Waals surface area contributed by atoms with E-state index in [2.05, 4.69) is 22.4 Å². The molecule has 0 aliphatic carbocycles. The SMILES string of the molecule is CCCOc1ccc(C(=O)Nc2ccc3nn(-c4ccc(N(C)C)cc4)nc3c2)cc1. The molecule has 0 saturated heterocycles. The van der Waals surface area contributed by atoms with Crippen LogP contribution in [0.5, 0.6) is 5.75 Å². The summed E-state index contributed by atoms with van der Waals surface area (Å²) in [5.74, 6) is 0.572. The molecule has 0 aliphatic rings. The summed E-state index contributed by atoms with van der Waals surface area (Å²) in [4.78, 5) is 16.2. The number of aromatic nitrogens is 3. The number of carbonyl (C=O) groups excluding carboxylic acids is 1. The molecule has 3 aromatic carbocycles.